The Labute approximate surface area is 146 Å². The fourth-order valence-corrected chi connectivity index (χ4v) is 2.78. The van der Waals surface area contributed by atoms with Crippen LogP contribution in [0.2, 0.25) is 0 Å². The van der Waals surface area contributed by atoms with Gasteiger partial charge in [0.2, 0.25) is 0 Å². The Morgan fingerprint density at radius 1 is 1.12 bits per heavy atom. The molecular weight excluding hydrogens is 322 g/mol. The molecule has 0 saturated carbocycles. The normalized spacial score (nSPS) is 15.3. The Bertz CT molecular complexity index is 778. The first-order chi connectivity index (χ1) is 11.8. The smallest absolute Gasteiger partial charge is 0.410 e. The molecule has 1 aromatic carbocycles. The van der Waals surface area contributed by atoms with Crippen LogP contribution in [0.25, 0.3) is 11.1 Å². The highest BCUT2D eigenvalue weighted by atomic mass is 16.6. The molecule has 3 rings (SSSR count). The Morgan fingerprint density at radius 2 is 1.76 bits per heavy atom. The minimum atomic E-state index is -0.477. The molecule has 7 nitrogen and oxygen atoms in total. The number of H-pyrrole nitrogens is 1. The van der Waals surface area contributed by atoms with Gasteiger partial charge in [-0.05, 0) is 38.5 Å². The number of aromatic nitrogens is 1. The molecule has 0 unspecified atom stereocenters. The second-order valence-corrected chi connectivity index (χ2v) is 7.07. The zero-order valence-corrected chi connectivity index (χ0v) is 14.7. The Balaban J connectivity index is 1.61. The van der Waals surface area contributed by atoms with Crippen LogP contribution in [0.5, 0.6) is 0 Å². The highest BCUT2D eigenvalue weighted by molar-refractivity contribution is 5.69. The quantitative estimate of drug-likeness (QED) is 0.905. The van der Waals surface area contributed by atoms with Gasteiger partial charge in [0.25, 0.3) is 0 Å². The van der Waals surface area contributed by atoms with Gasteiger partial charge in [-0.1, -0.05) is 12.1 Å². The van der Waals surface area contributed by atoms with Crippen LogP contribution < -0.4 is 10.5 Å². The molecule has 0 aliphatic carbocycles. The first kappa shape index (κ1) is 17.1. The van der Waals surface area contributed by atoms with Crippen LogP contribution in [0.15, 0.2) is 39.8 Å². The first-order valence-corrected chi connectivity index (χ1v) is 8.34. The largest absolute Gasteiger partial charge is 0.444 e. The number of piperazine rings is 1. The summed E-state index contributed by atoms with van der Waals surface area (Å²) in [4.78, 5) is 27.6. The van der Waals surface area contributed by atoms with Crippen molar-refractivity contribution in [2.45, 2.75) is 26.4 Å². The molecule has 0 bridgehead atoms. The van der Waals surface area contributed by atoms with Gasteiger partial charge in [-0.3, -0.25) is 0 Å². The van der Waals surface area contributed by atoms with E-state index in [4.69, 9.17) is 9.26 Å². The summed E-state index contributed by atoms with van der Waals surface area (Å²) < 4.78 is 10.1. The second-order valence-electron chi connectivity index (χ2n) is 7.07. The van der Waals surface area contributed by atoms with E-state index in [1.807, 2.05) is 45.0 Å². The van der Waals surface area contributed by atoms with Gasteiger partial charge in [-0.2, -0.15) is 0 Å². The van der Waals surface area contributed by atoms with Crippen molar-refractivity contribution in [1.29, 1.82) is 0 Å². The summed E-state index contributed by atoms with van der Waals surface area (Å²) in [5.74, 6) is 0. The van der Waals surface area contributed by atoms with E-state index < -0.39 is 5.60 Å². The summed E-state index contributed by atoms with van der Waals surface area (Å²) in [7, 11) is 0. The molecule has 2 aromatic rings. The molecule has 25 heavy (non-hydrogen) atoms. The van der Waals surface area contributed by atoms with E-state index >= 15 is 0 Å². The topological polar surface area (TPSA) is 78.8 Å². The molecule has 0 spiro atoms. The van der Waals surface area contributed by atoms with Crippen molar-refractivity contribution in [2.24, 2.45) is 0 Å². The van der Waals surface area contributed by atoms with Crippen molar-refractivity contribution in [2.75, 3.05) is 31.1 Å². The number of benzene rings is 1. The van der Waals surface area contributed by atoms with Crippen LogP contribution >= 0.6 is 0 Å². The molecule has 1 aromatic heterocycles. The van der Waals surface area contributed by atoms with E-state index in [0.717, 1.165) is 24.3 Å². The number of carbonyl (C=O) groups excluding carboxylic acids is 1. The average Bonchev–Trinajstić information content (AvgIpc) is 3.00. The number of aromatic amines is 1. The molecule has 7 heteroatoms. The summed E-state index contributed by atoms with van der Waals surface area (Å²) in [5, 5.41) is 2.46. The van der Waals surface area contributed by atoms with E-state index in [9.17, 15) is 9.59 Å². The molecule has 1 saturated heterocycles. The number of carbonyl (C=O) groups is 1. The number of nitrogens with zero attached hydrogens (tertiary/aromatic N) is 2. The standard InChI is InChI=1S/C18H23N3O4/c1-18(2,3)24-17(23)21-10-8-20(9-11-21)14-6-4-13(5-7-14)15-12-19-25-16(15)22/h4-7,12,19H,8-11H2,1-3H3. The zero-order valence-electron chi connectivity index (χ0n) is 14.7. The lowest BCUT2D eigenvalue weighted by atomic mass is 10.1. The third-order valence-corrected chi connectivity index (χ3v) is 4.05. The molecule has 1 N–H and O–H groups in total. The lowest BCUT2D eigenvalue weighted by Crippen LogP contribution is -2.50. The number of hydrogen-bond acceptors (Lipinski definition) is 5. The predicted molar refractivity (Wildman–Crippen MR) is 94.8 cm³/mol. The molecule has 134 valence electrons. The maximum Gasteiger partial charge on any atom is 0.410 e. The highest BCUT2D eigenvalue weighted by Crippen LogP contribution is 2.22. The maximum absolute atomic E-state index is 12.1. The van der Waals surface area contributed by atoms with Crippen LogP contribution in [0.1, 0.15) is 20.8 Å². The van der Waals surface area contributed by atoms with Crippen molar-refractivity contribution in [3.63, 3.8) is 0 Å². The van der Waals surface area contributed by atoms with Gasteiger partial charge in [0.05, 0.1) is 11.8 Å². The van der Waals surface area contributed by atoms with Crippen LogP contribution in [0, 0.1) is 0 Å². The molecule has 1 aliphatic rings. The van der Waals surface area contributed by atoms with Crippen LogP contribution in [0.4, 0.5) is 10.5 Å². The zero-order chi connectivity index (χ0) is 18.0. The fraction of sp³-hybridized carbons (Fsp3) is 0.444. The number of amides is 1. The first-order valence-electron chi connectivity index (χ1n) is 8.34. The maximum atomic E-state index is 12.1. The number of rotatable bonds is 2. The van der Waals surface area contributed by atoms with Gasteiger partial charge in [0, 0.05) is 31.9 Å². The van der Waals surface area contributed by atoms with Gasteiger partial charge in [0.15, 0.2) is 0 Å². The lowest BCUT2D eigenvalue weighted by molar-refractivity contribution is 0.0240. The average molecular weight is 345 g/mol. The van der Waals surface area contributed by atoms with E-state index in [2.05, 4.69) is 10.1 Å². The number of anilines is 1. The van der Waals surface area contributed by atoms with Gasteiger partial charge in [-0.25, -0.2) is 14.7 Å². The predicted octanol–water partition coefficient (Wildman–Crippen LogP) is 2.69. The molecule has 2 heterocycles. The molecule has 1 aliphatic heterocycles. The Kier molecular flexibility index (Phi) is 4.57. The van der Waals surface area contributed by atoms with Gasteiger partial charge in [-0.15, -0.1) is 0 Å². The van der Waals surface area contributed by atoms with E-state index in [0.29, 0.717) is 18.7 Å². The molecule has 0 radical (unpaired) electrons. The number of ether oxygens (including phenoxy) is 1. The number of hydrogen-bond donors (Lipinski definition) is 1. The third kappa shape index (κ3) is 4.04. The van der Waals surface area contributed by atoms with Gasteiger partial charge < -0.3 is 19.1 Å². The van der Waals surface area contributed by atoms with E-state index in [1.54, 1.807) is 11.1 Å². The minimum Gasteiger partial charge on any atom is -0.444 e. The second kappa shape index (κ2) is 6.66. The van der Waals surface area contributed by atoms with Gasteiger partial charge >= 0.3 is 11.7 Å². The van der Waals surface area contributed by atoms with E-state index in [-0.39, 0.29) is 11.7 Å². The Hall–Kier alpha value is -2.70. The molecular formula is C18H23N3O4. The summed E-state index contributed by atoms with van der Waals surface area (Å²) in [5.41, 5.74) is 1.54. The molecule has 0 atom stereocenters. The third-order valence-electron chi connectivity index (χ3n) is 4.05. The van der Waals surface area contributed by atoms with E-state index in [1.165, 1.54) is 0 Å². The van der Waals surface area contributed by atoms with Crippen LogP contribution in [-0.4, -0.2) is 47.9 Å². The fourth-order valence-electron chi connectivity index (χ4n) is 2.78. The number of nitrogens with one attached hydrogen (secondary N) is 1. The van der Waals surface area contributed by atoms with Crippen molar-refractivity contribution in [1.82, 2.24) is 10.1 Å². The summed E-state index contributed by atoms with van der Waals surface area (Å²) in [6.07, 6.45) is 1.29. The van der Waals surface area contributed by atoms with Crippen molar-refractivity contribution in [3.05, 3.63) is 40.9 Å². The van der Waals surface area contributed by atoms with Crippen LogP contribution in [0.3, 0.4) is 0 Å². The van der Waals surface area contributed by atoms with Crippen molar-refractivity contribution >= 4 is 11.8 Å². The SMILES string of the molecule is CC(C)(C)OC(=O)N1CCN(c2ccc(-c3c[nH]oc3=O)cc2)CC1. The monoisotopic (exact) mass is 345 g/mol. The highest BCUT2D eigenvalue weighted by Gasteiger charge is 2.25. The summed E-state index contributed by atoms with van der Waals surface area (Å²) in [6.45, 7) is 8.33. The Morgan fingerprint density at radius 3 is 2.28 bits per heavy atom. The van der Waals surface area contributed by atoms with Gasteiger partial charge in [0.1, 0.15) is 5.60 Å². The van der Waals surface area contributed by atoms with Crippen molar-refractivity contribution < 1.29 is 14.1 Å². The van der Waals surface area contributed by atoms with Crippen molar-refractivity contribution in [3.8, 4) is 11.1 Å². The molecule has 1 amide bonds. The summed E-state index contributed by atoms with van der Waals surface area (Å²) in [6, 6.07) is 7.75. The summed E-state index contributed by atoms with van der Waals surface area (Å²) >= 11 is 0. The lowest BCUT2D eigenvalue weighted by Gasteiger charge is -2.36. The molecule has 1 fully saturated rings. The minimum absolute atomic E-state index is 0.262. The van der Waals surface area contributed by atoms with Crippen LogP contribution in [-0.2, 0) is 4.74 Å².